The average molecular weight is 244 g/mol. The van der Waals surface area contributed by atoms with E-state index in [9.17, 15) is 9.59 Å². The summed E-state index contributed by atoms with van der Waals surface area (Å²) in [7, 11) is 0. The van der Waals surface area contributed by atoms with Crippen molar-refractivity contribution < 1.29 is 19.8 Å². The van der Waals surface area contributed by atoms with E-state index in [-0.39, 0.29) is 18.6 Å². The van der Waals surface area contributed by atoms with Crippen LogP contribution in [0.15, 0.2) is 0 Å². The largest absolute Gasteiger partial charge is 0.481 e. The maximum Gasteiger partial charge on any atom is 0.317 e. The summed E-state index contributed by atoms with van der Waals surface area (Å²) >= 11 is 0. The summed E-state index contributed by atoms with van der Waals surface area (Å²) in [6, 6.07) is -0.658. The van der Waals surface area contributed by atoms with Gasteiger partial charge in [0.05, 0.1) is 5.92 Å². The van der Waals surface area contributed by atoms with Crippen LogP contribution in [0.4, 0.5) is 4.79 Å². The molecule has 6 nitrogen and oxygen atoms in total. The quantitative estimate of drug-likeness (QED) is 0.655. The Morgan fingerprint density at radius 3 is 2.59 bits per heavy atom. The van der Waals surface area contributed by atoms with Gasteiger partial charge in [-0.1, -0.05) is 0 Å². The molecule has 1 aliphatic heterocycles. The molecule has 2 amide bonds. The predicted octanol–water partition coefficient (Wildman–Crippen LogP) is 0.119. The number of aliphatic carboxylic acids is 1. The number of nitrogens with one attached hydrogen (secondary N) is 1. The first-order valence-corrected chi connectivity index (χ1v) is 5.84. The molecule has 1 saturated heterocycles. The molecule has 1 aliphatic rings. The Hall–Kier alpha value is -1.30. The van der Waals surface area contributed by atoms with Crippen molar-refractivity contribution in [3.05, 3.63) is 0 Å². The van der Waals surface area contributed by atoms with E-state index in [0.29, 0.717) is 13.1 Å². The molecular weight excluding hydrogens is 224 g/mol. The van der Waals surface area contributed by atoms with Crippen molar-refractivity contribution in [1.29, 1.82) is 0 Å². The van der Waals surface area contributed by atoms with Crippen LogP contribution in [0.5, 0.6) is 0 Å². The van der Waals surface area contributed by atoms with E-state index in [2.05, 4.69) is 5.32 Å². The molecule has 3 unspecified atom stereocenters. The SMILES string of the molecule is CC(NC(=O)N1CCC(CO)C1)C(C)C(=O)O. The highest BCUT2D eigenvalue weighted by Crippen LogP contribution is 2.15. The van der Waals surface area contributed by atoms with Crippen LogP contribution in [0.3, 0.4) is 0 Å². The first-order valence-electron chi connectivity index (χ1n) is 5.84. The van der Waals surface area contributed by atoms with Gasteiger partial charge in [0.15, 0.2) is 0 Å². The average Bonchev–Trinajstić information content (AvgIpc) is 2.76. The zero-order valence-electron chi connectivity index (χ0n) is 10.2. The first kappa shape index (κ1) is 13.8. The molecule has 0 radical (unpaired) electrons. The van der Waals surface area contributed by atoms with Crippen molar-refractivity contribution in [2.24, 2.45) is 11.8 Å². The molecule has 1 fully saturated rings. The number of carbonyl (C=O) groups is 2. The standard InChI is InChI=1S/C11H20N2O4/c1-7(10(15)16)8(2)12-11(17)13-4-3-9(5-13)6-14/h7-9,14H,3-6H2,1-2H3,(H,12,17)(H,15,16). The Balaban J connectivity index is 2.42. The molecule has 3 atom stereocenters. The van der Waals surface area contributed by atoms with Gasteiger partial charge in [-0.2, -0.15) is 0 Å². The van der Waals surface area contributed by atoms with Gasteiger partial charge in [-0.3, -0.25) is 4.79 Å². The Labute approximate surface area is 101 Å². The molecule has 0 saturated carbocycles. The maximum atomic E-state index is 11.8. The summed E-state index contributed by atoms with van der Waals surface area (Å²) in [4.78, 5) is 24.1. The fourth-order valence-corrected chi connectivity index (χ4v) is 1.79. The maximum absolute atomic E-state index is 11.8. The lowest BCUT2D eigenvalue weighted by Gasteiger charge is -2.23. The zero-order chi connectivity index (χ0) is 13.0. The van der Waals surface area contributed by atoms with Crippen molar-refractivity contribution in [2.45, 2.75) is 26.3 Å². The molecular formula is C11H20N2O4. The molecule has 0 aromatic heterocycles. The number of carboxylic acids is 1. The van der Waals surface area contributed by atoms with E-state index in [0.717, 1.165) is 6.42 Å². The monoisotopic (exact) mass is 244 g/mol. The van der Waals surface area contributed by atoms with Crippen molar-refractivity contribution in [3.8, 4) is 0 Å². The highest BCUT2D eigenvalue weighted by atomic mass is 16.4. The van der Waals surface area contributed by atoms with Crippen LogP contribution in [-0.2, 0) is 4.79 Å². The Morgan fingerprint density at radius 2 is 2.12 bits per heavy atom. The van der Waals surface area contributed by atoms with Crippen LogP contribution in [0.2, 0.25) is 0 Å². The fourth-order valence-electron chi connectivity index (χ4n) is 1.79. The number of urea groups is 1. The lowest BCUT2D eigenvalue weighted by atomic mass is 10.0. The lowest BCUT2D eigenvalue weighted by Crippen LogP contribution is -2.46. The van der Waals surface area contributed by atoms with E-state index >= 15 is 0 Å². The van der Waals surface area contributed by atoms with Crippen molar-refractivity contribution in [1.82, 2.24) is 10.2 Å². The van der Waals surface area contributed by atoms with Crippen LogP contribution in [0, 0.1) is 11.8 Å². The van der Waals surface area contributed by atoms with Gasteiger partial charge in [0.1, 0.15) is 0 Å². The molecule has 1 heterocycles. The van der Waals surface area contributed by atoms with Crippen LogP contribution >= 0.6 is 0 Å². The molecule has 3 N–H and O–H groups in total. The number of hydrogen-bond acceptors (Lipinski definition) is 3. The van der Waals surface area contributed by atoms with Crippen molar-refractivity contribution >= 4 is 12.0 Å². The molecule has 0 aromatic rings. The summed E-state index contributed by atoms with van der Waals surface area (Å²) in [5.41, 5.74) is 0. The molecule has 1 rings (SSSR count). The van der Waals surface area contributed by atoms with Gasteiger partial charge in [-0.15, -0.1) is 0 Å². The highest BCUT2D eigenvalue weighted by Gasteiger charge is 2.28. The van der Waals surface area contributed by atoms with Gasteiger partial charge < -0.3 is 20.4 Å². The molecule has 0 spiro atoms. The first-order chi connectivity index (χ1) is 7.95. The number of aliphatic hydroxyl groups excluding tert-OH is 1. The van der Waals surface area contributed by atoms with Crippen LogP contribution in [0.25, 0.3) is 0 Å². The van der Waals surface area contributed by atoms with Crippen LogP contribution in [0.1, 0.15) is 20.3 Å². The highest BCUT2D eigenvalue weighted by molar-refractivity contribution is 5.76. The predicted molar refractivity (Wildman–Crippen MR) is 61.6 cm³/mol. The van der Waals surface area contributed by atoms with Gasteiger partial charge in [0.25, 0.3) is 0 Å². The number of rotatable bonds is 4. The number of amides is 2. The van der Waals surface area contributed by atoms with Crippen molar-refractivity contribution in [2.75, 3.05) is 19.7 Å². The minimum absolute atomic E-state index is 0.0882. The van der Waals surface area contributed by atoms with E-state index in [1.165, 1.54) is 0 Å². The normalized spacial score (nSPS) is 23.2. The molecule has 0 bridgehead atoms. The topological polar surface area (TPSA) is 89.9 Å². The number of likely N-dealkylation sites (tertiary alicyclic amines) is 1. The number of carbonyl (C=O) groups excluding carboxylic acids is 1. The molecule has 6 heteroatoms. The number of hydrogen-bond donors (Lipinski definition) is 3. The Morgan fingerprint density at radius 1 is 1.47 bits per heavy atom. The third-order valence-corrected chi connectivity index (χ3v) is 3.32. The summed E-state index contributed by atoms with van der Waals surface area (Å²) in [5.74, 6) is -1.39. The second-order valence-electron chi connectivity index (χ2n) is 4.65. The third kappa shape index (κ3) is 3.59. The minimum Gasteiger partial charge on any atom is -0.481 e. The van der Waals surface area contributed by atoms with Crippen molar-refractivity contribution in [3.63, 3.8) is 0 Å². The summed E-state index contributed by atoms with van der Waals surface area (Å²) in [6.45, 7) is 4.48. The van der Waals surface area contributed by atoms with E-state index in [1.807, 2.05) is 0 Å². The van der Waals surface area contributed by atoms with Crippen LogP contribution < -0.4 is 5.32 Å². The van der Waals surface area contributed by atoms with E-state index in [1.54, 1.807) is 18.7 Å². The summed E-state index contributed by atoms with van der Waals surface area (Å²) in [6.07, 6.45) is 0.798. The molecule has 0 aliphatic carbocycles. The second-order valence-corrected chi connectivity index (χ2v) is 4.65. The Bertz CT molecular complexity index is 295. The van der Waals surface area contributed by atoms with Gasteiger partial charge in [-0.05, 0) is 20.3 Å². The van der Waals surface area contributed by atoms with E-state index < -0.39 is 17.9 Å². The second kappa shape index (κ2) is 5.86. The summed E-state index contributed by atoms with van der Waals surface area (Å²) < 4.78 is 0. The smallest absolute Gasteiger partial charge is 0.317 e. The van der Waals surface area contributed by atoms with Crippen LogP contribution in [-0.4, -0.2) is 52.9 Å². The molecule has 98 valence electrons. The number of carboxylic acid groups (broad SMARTS) is 1. The lowest BCUT2D eigenvalue weighted by molar-refractivity contribution is -0.141. The van der Waals surface area contributed by atoms with Gasteiger partial charge in [0, 0.05) is 31.7 Å². The number of nitrogens with zero attached hydrogens (tertiary/aromatic N) is 1. The van der Waals surface area contributed by atoms with Gasteiger partial charge >= 0.3 is 12.0 Å². The minimum atomic E-state index is -0.924. The third-order valence-electron chi connectivity index (χ3n) is 3.32. The van der Waals surface area contributed by atoms with Gasteiger partial charge in [-0.25, -0.2) is 4.79 Å². The fraction of sp³-hybridized carbons (Fsp3) is 0.818. The molecule has 17 heavy (non-hydrogen) atoms. The number of aliphatic hydroxyl groups is 1. The summed E-state index contributed by atoms with van der Waals surface area (Å²) in [5, 5.41) is 20.5. The Kier molecular flexibility index (Phi) is 4.74. The zero-order valence-corrected chi connectivity index (χ0v) is 10.2. The van der Waals surface area contributed by atoms with Gasteiger partial charge in [0.2, 0.25) is 0 Å². The van der Waals surface area contributed by atoms with E-state index in [4.69, 9.17) is 10.2 Å². The molecule has 0 aromatic carbocycles.